The summed E-state index contributed by atoms with van der Waals surface area (Å²) in [5, 5.41) is 10.7. The Kier molecular flexibility index (Phi) is 5.08. The van der Waals surface area contributed by atoms with Gasteiger partial charge >= 0.3 is 18.0 Å². The lowest BCUT2D eigenvalue weighted by molar-refractivity contribution is -0.390. The second kappa shape index (κ2) is 6.19. The lowest BCUT2D eigenvalue weighted by Crippen LogP contribution is -2.19. The maximum atomic E-state index is 12.2. The van der Waals surface area contributed by atoms with Gasteiger partial charge in [0.2, 0.25) is 5.75 Å². The number of methoxy groups -OCH3 is 1. The number of aromatic nitrogens is 1. The third-order valence-corrected chi connectivity index (χ3v) is 2.68. The van der Waals surface area contributed by atoms with Crippen molar-refractivity contribution in [1.29, 1.82) is 0 Å². The molecule has 0 radical (unpaired) electrons. The summed E-state index contributed by atoms with van der Waals surface area (Å²) in [4.78, 5) is 24.4. The van der Waals surface area contributed by atoms with Crippen LogP contribution in [0.3, 0.4) is 0 Å². The van der Waals surface area contributed by atoms with Crippen LogP contribution in [-0.2, 0) is 16.0 Å². The molecular weight excluding hydrogens is 400 g/mol. The van der Waals surface area contributed by atoms with Crippen molar-refractivity contribution in [3.05, 3.63) is 25.6 Å². The summed E-state index contributed by atoms with van der Waals surface area (Å²) in [5.41, 5.74) is -1.05. The van der Waals surface area contributed by atoms with Crippen LogP contribution < -0.4 is 4.74 Å². The molecule has 1 rings (SSSR count). The van der Waals surface area contributed by atoms with Gasteiger partial charge in [-0.15, -0.1) is 13.2 Å². The van der Waals surface area contributed by atoms with Gasteiger partial charge in [0.1, 0.15) is 0 Å². The Morgan fingerprint density at radius 2 is 2.15 bits per heavy atom. The van der Waals surface area contributed by atoms with E-state index in [9.17, 15) is 28.1 Å². The van der Waals surface area contributed by atoms with Gasteiger partial charge in [0.05, 0.1) is 24.1 Å². The summed E-state index contributed by atoms with van der Waals surface area (Å²) in [6.45, 7) is 0. The van der Waals surface area contributed by atoms with Crippen LogP contribution in [0.5, 0.6) is 5.75 Å². The average molecular weight is 406 g/mol. The Bertz CT molecular complexity index is 549. The smallest absolute Gasteiger partial charge is 0.469 e. The zero-order valence-corrected chi connectivity index (χ0v) is 11.9. The van der Waals surface area contributed by atoms with Crippen molar-refractivity contribution >= 4 is 34.2 Å². The summed E-state index contributed by atoms with van der Waals surface area (Å²) < 4.78 is 44.3. The predicted octanol–water partition coefficient (Wildman–Crippen LogP) is 2.21. The molecule has 1 aromatic rings. The summed E-state index contributed by atoms with van der Waals surface area (Å²) in [6.07, 6.45) is -5.53. The van der Waals surface area contributed by atoms with E-state index in [1.54, 1.807) is 0 Å². The minimum atomic E-state index is -5.10. The van der Waals surface area contributed by atoms with Crippen molar-refractivity contribution in [2.75, 3.05) is 7.11 Å². The molecule has 1 heterocycles. The normalized spacial score (nSPS) is 11.1. The largest absolute Gasteiger partial charge is 0.573 e. The topological polar surface area (TPSA) is 91.6 Å². The van der Waals surface area contributed by atoms with Crippen LogP contribution in [-0.4, -0.2) is 29.3 Å². The number of alkyl halides is 3. The zero-order valence-electron chi connectivity index (χ0n) is 9.73. The summed E-state index contributed by atoms with van der Waals surface area (Å²) in [6, 6.07) is 0.685. The van der Waals surface area contributed by atoms with Gasteiger partial charge in [-0.05, 0) is 22.6 Å². The van der Waals surface area contributed by atoms with Crippen LogP contribution in [0.25, 0.3) is 0 Å². The SMILES string of the molecule is COC(=O)Cc1cc(OC(F)(F)F)c([N+](=O)[O-])c(I)n1. The number of hydrogen-bond donors (Lipinski definition) is 0. The Morgan fingerprint density at radius 1 is 1.55 bits per heavy atom. The van der Waals surface area contributed by atoms with E-state index in [-0.39, 0.29) is 9.39 Å². The number of pyridine rings is 1. The number of esters is 1. The highest BCUT2D eigenvalue weighted by atomic mass is 127. The van der Waals surface area contributed by atoms with Crippen LogP contribution >= 0.6 is 22.6 Å². The fraction of sp³-hybridized carbons (Fsp3) is 0.333. The number of rotatable bonds is 4. The van der Waals surface area contributed by atoms with Crippen molar-refractivity contribution in [3.8, 4) is 5.75 Å². The van der Waals surface area contributed by atoms with Crippen LogP contribution in [0.4, 0.5) is 18.9 Å². The van der Waals surface area contributed by atoms with E-state index in [1.807, 2.05) is 0 Å². The first kappa shape index (κ1) is 16.4. The number of halogens is 4. The van der Waals surface area contributed by atoms with Crippen molar-refractivity contribution in [1.82, 2.24) is 4.98 Å². The molecule has 0 atom stereocenters. The second-order valence-electron chi connectivity index (χ2n) is 3.31. The number of hydrogen-bond acceptors (Lipinski definition) is 6. The molecule has 0 aliphatic heterocycles. The number of carbonyl (C=O) groups is 1. The summed E-state index contributed by atoms with van der Waals surface area (Å²) in [5.74, 6) is -1.78. The quantitative estimate of drug-likeness (QED) is 0.250. The van der Waals surface area contributed by atoms with Crippen LogP contribution in [0.2, 0.25) is 0 Å². The molecule has 0 spiro atoms. The van der Waals surface area contributed by atoms with E-state index < -0.39 is 35.1 Å². The summed E-state index contributed by atoms with van der Waals surface area (Å²) in [7, 11) is 1.09. The van der Waals surface area contributed by atoms with Gasteiger partial charge in [0.15, 0.2) is 3.70 Å². The monoisotopic (exact) mass is 406 g/mol. The van der Waals surface area contributed by atoms with Crippen molar-refractivity contribution in [3.63, 3.8) is 0 Å². The first-order chi connectivity index (χ1) is 9.14. The molecule has 1 aromatic heterocycles. The maximum absolute atomic E-state index is 12.2. The lowest BCUT2D eigenvalue weighted by Gasteiger charge is -2.11. The minimum Gasteiger partial charge on any atom is -0.469 e. The molecule has 0 saturated heterocycles. The fourth-order valence-electron chi connectivity index (χ4n) is 1.21. The van der Waals surface area contributed by atoms with Gasteiger partial charge < -0.3 is 9.47 Å². The minimum absolute atomic E-state index is 0.133. The Labute approximate surface area is 123 Å². The Balaban J connectivity index is 3.28. The van der Waals surface area contributed by atoms with Crippen LogP contribution in [0.1, 0.15) is 5.69 Å². The average Bonchev–Trinajstić information content (AvgIpc) is 2.25. The number of nitrogens with zero attached hydrogens (tertiary/aromatic N) is 2. The highest BCUT2D eigenvalue weighted by molar-refractivity contribution is 14.1. The van der Waals surface area contributed by atoms with Crippen LogP contribution in [0, 0.1) is 13.8 Å². The fourth-order valence-corrected chi connectivity index (χ4v) is 1.98. The number of carbonyl (C=O) groups excluding carboxylic acids is 1. The van der Waals surface area contributed by atoms with E-state index >= 15 is 0 Å². The highest BCUT2D eigenvalue weighted by Gasteiger charge is 2.36. The Morgan fingerprint density at radius 3 is 2.60 bits per heavy atom. The molecule has 11 heteroatoms. The molecule has 7 nitrogen and oxygen atoms in total. The molecule has 0 unspecified atom stereocenters. The molecule has 0 bridgehead atoms. The maximum Gasteiger partial charge on any atom is 0.573 e. The second-order valence-corrected chi connectivity index (χ2v) is 4.33. The third-order valence-electron chi connectivity index (χ3n) is 1.93. The van der Waals surface area contributed by atoms with E-state index in [1.165, 1.54) is 22.6 Å². The molecule has 0 aliphatic carbocycles. The van der Waals surface area contributed by atoms with Gasteiger partial charge in [0, 0.05) is 6.07 Å². The first-order valence-corrected chi connectivity index (χ1v) is 5.88. The number of ether oxygens (including phenoxy) is 2. The molecule has 0 saturated carbocycles. The standard InChI is InChI=1S/C9H6F3IN2O5/c1-19-6(16)3-4-2-5(20-9(10,11)12)7(15(17)18)8(13)14-4/h2H,3H2,1H3. The molecular formula is C9H6F3IN2O5. The molecule has 110 valence electrons. The van der Waals surface area contributed by atoms with Gasteiger partial charge in [-0.3, -0.25) is 14.9 Å². The van der Waals surface area contributed by atoms with Crippen LogP contribution in [0.15, 0.2) is 6.07 Å². The summed E-state index contributed by atoms with van der Waals surface area (Å²) >= 11 is 1.38. The molecule has 0 amide bonds. The predicted molar refractivity (Wildman–Crippen MR) is 66.0 cm³/mol. The highest BCUT2D eigenvalue weighted by Crippen LogP contribution is 2.35. The molecule has 0 aliphatic rings. The van der Waals surface area contributed by atoms with Crippen molar-refractivity contribution in [2.24, 2.45) is 0 Å². The Hall–Kier alpha value is -1.66. The van der Waals surface area contributed by atoms with E-state index in [2.05, 4.69) is 14.5 Å². The number of nitro groups is 1. The van der Waals surface area contributed by atoms with E-state index in [0.717, 1.165) is 7.11 Å². The molecule has 20 heavy (non-hydrogen) atoms. The van der Waals surface area contributed by atoms with Crippen molar-refractivity contribution in [2.45, 2.75) is 12.8 Å². The van der Waals surface area contributed by atoms with Gasteiger partial charge in [0.25, 0.3) is 0 Å². The van der Waals surface area contributed by atoms with E-state index in [4.69, 9.17) is 0 Å². The third kappa shape index (κ3) is 4.47. The molecule has 0 aromatic carbocycles. The zero-order chi connectivity index (χ0) is 15.5. The lowest BCUT2D eigenvalue weighted by atomic mass is 10.2. The molecule has 0 N–H and O–H groups in total. The van der Waals surface area contributed by atoms with Gasteiger partial charge in [-0.1, -0.05) is 0 Å². The van der Waals surface area contributed by atoms with Gasteiger partial charge in [-0.25, -0.2) is 4.98 Å². The first-order valence-electron chi connectivity index (χ1n) is 4.80. The van der Waals surface area contributed by atoms with E-state index in [0.29, 0.717) is 6.07 Å². The van der Waals surface area contributed by atoms with Gasteiger partial charge in [-0.2, -0.15) is 0 Å². The van der Waals surface area contributed by atoms with Crippen molar-refractivity contribution < 1.29 is 32.4 Å². The molecule has 0 fully saturated rings.